The lowest BCUT2D eigenvalue weighted by atomic mass is 9.95. The van der Waals surface area contributed by atoms with E-state index in [0.29, 0.717) is 0 Å². The van der Waals surface area contributed by atoms with E-state index in [0.717, 1.165) is 35.2 Å². The number of aliphatic hydroxyl groups is 1. The van der Waals surface area contributed by atoms with Gasteiger partial charge in [0.1, 0.15) is 5.76 Å². The van der Waals surface area contributed by atoms with Crippen molar-refractivity contribution in [3.05, 3.63) is 29.1 Å². The predicted molar refractivity (Wildman–Crippen MR) is 91.5 cm³/mol. The number of unbranched alkanes of at least 4 members (excludes halogenated alkanes) is 1. The molecule has 0 amide bonds. The fraction of sp³-hybridized carbons (Fsp3) is 0.562. The van der Waals surface area contributed by atoms with Gasteiger partial charge in [0.15, 0.2) is 11.4 Å². The van der Waals surface area contributed by atoms with Crippen molar-refractivity contribution >= 4 is 22.5 Å². The molecule has 2 heterocycles. The summed E-state index contributed by atoms with van der Waals surface area (Å²) in [7, 11) is 0. The zero-order chi connectivity index (χ0) is 16.0. The van der Waals surface area contributed by atoms with Crippen molar-refractivity contribution in [3.63, 3.8) is 0 Å². The second-order valence-corrected chi connectivity index (χ2v) is 7.31. The van der Waals surface area contributed by atoms with E-state index in [1.165, 1.54) is 0 Å². The van der Waals surface area contributed by atoms with Crippen LogP contribution in [0, 0.1) is 5.41 Å². The van der Waals surface area contributed by atoms with E-state index in [2.05, 4.69) is 36.4 Å². The predicted octanol–water partition coefficient (Wildman–Crippen LogP) is 3.17. The largest absolute Gasteiger partial charge is 0.469 e. The van der Waals surface area contributed by atoms with Gasteiger partial charge < -0.3 is 20.5 Å². The van der Waals surface area contributed by atoms with E-state index in [9.17, 15) is 0 Å². The Balaban J connectivity index is 1.79. The van der Waals surface area contributed by atoms with E-state index in [1.807, 2.05) is 24.5 Å². The smallest absolute Gasteiger partial charge is 0.189 e. The highest BCUT2D eigenvalue weighted by Crippen LogP contribution is 2.29. The number of allylic oxidation sites excluding steroid dienone is 1. The third kappa shape index (κ3) is 5.03. The van der Waals surface area contributed by atoms with E-state index >= 15 is 0 Å². The molecule has 1 aromatic rings. The van der Waals surface area contributed by atoms with Gasteiger partial charge in [-0.05, 0) is 25.0 Å². The first-order valence-corrected chi connectivity index (χ1v) is 8.43. The molecule has 1 atom stereocenters. The van der Waals surface area contributed by atoms with Crippen LogP contribution in [0.5, 0.6) is 0 Å². The summed E-state index contributed by atoms with van der Waals surface area (Å²) in [6.45, 7) is 7.47. The molecule has 0 spiro atoms. The maximum atomic E-state index is 8.74. The van der Waals surface area contributed by atoms with Crippen LogP contribution in [-0.4, -0.2) is 29.5 Å². The molecule has 122 valence electrons. The number of nitrogens with zero attached hydrogens (tertiary/aromatic N) is 1. The van der Waals surface area contributed by atoms with E-state index in [1.54, 1.807) is 11.3 Å². The van der Waals surface area contributed by atoms with Crippen molar-refractivity contribution in [2.24, 2.45) is 5.41 Å². The molecule has 3 N–H and O–H groups in total. The van der Waals surface area contributed by atoms with Crippen LogP contribution in [0.25, 0.3) is 6.08 Å². The lowest BCUT2D eigenvalue weighted by molar-refractivity contribution is 0.124. The Morgan fingerprint density at radius 2 is 2.27 bits per heavy atom. The Hall–Kier alpha value is -1.53. The summed E-state index contributed by atoms with van der Waals surface area (Å²) in [6, 6.07) is 0. The molecule has 1 aromatic heterocycles. The molecule has 1 unspecified atom stereocenters. The minimum absolute atomic E-state index is 0.0196. The van der Waals surface area contributed by atoms with Crippen LogP contribution in [0.4, 0.5) is 5.13 Å². The van der Waals surface area contributed by atoms with Crippen LogP contribution in [0.1, 0.15) is 38.5 Å². The number of aliphatic hydroxyl groups excluding tert-OH is 1. The minimum Gasteiger partial charge on any atom is -0.469 e. The van der Waals surface area contributed by atoms with Gasteiger partial charge in [0, 0.05) is 35.8 Å². The highest BCUT2D eigenvalue weighted by molar-refractivity contribution is 7.16. The number of nitrogens with one attached hydrogen (secondary N) is 2. The number of thiazole rings is 1. The van der Waals surface area contributed by atoms with Crippen molar-refractivity contribution < 1.29 is 9.84 Å². The molecule has 2 rings (SSSR count). The van der Waals surface area contributed by atoms with Crippen molar-refractivity contribution in [2.45, 2.75) is 39.8 Å². The molecule has 22 heavy (non-hydrogen) atoms. The van der Waals surface area contributed by atoms with Gasteiger partial charge in [-0.25, -0.2) is 4.98 Å². The summed E-state index contributed by atoms with van der Waals surface area (Å²) in [4.78, 5) is 5.42. The third-order valence-electron chi connectivity index (χ3n) is 3.19. The average molecular weight is 323 g/mol. The van der Waals surface area contributed by atoms with Crippen LogP contribution in [0.15, 0.2) is 24.2 Å². The molecule has 6 heteroatoms. The van der Waals surface area contributed by atoms with Crippen LogP contribution >= 0.6 is 11.3 Å². The van der Waals surface area contributed by atoms with Gasteiger partial charge in [0.2, 0.25) is 0 Å². The van der Waals surface area contributed by atoms with Gasteiger partial charge in [0.25, 0.3) is 0 Å². The molecule has 0 saturated heterocycles. The quantitative estimate of drug-likeness (QED) is 0.673. The Bertz CT molecular complexity index is 532. The topological polar surface area (TPSA) is 66.4 Å². The molecule has 0 aromatic carbocycles. The van der Waals surface area contributed by atoms with Crippen LogP contribution < -0.4 is 10.6 Å². The van der Waals surface area contributed by atoms with Crippen molar-refractivity contribution in [1.29, 1.82) is 0 Å². The van der Waals surface area contributed by atoms with Gasteiger partial charge >= 0.3 is 0 Å². The highest BCUT2D eigenvalue weighted by Gasteiger charge is 2.25. The van der Waals surface area contributed by atoms with Crippen LogP contribution in [-0.2, 0) is 4.74 Å². The first-order valence-electron chi connectivity index (χ1n) is 7.61. The summed E-state index contributed by atoms with van der Waals surface area (Å²) in [6.07, 6.45) is 9.46. The zero-order valence-corrected chi connectivity index (χ0v) is 14.2. The fourth-order valence-corrected chi connectivity index (χ4v) is 2.67. The summed E-state index contributed by atoms with van der Waals surface area (Å²) < 4.78 is 5.85. The van der Waals surface area contributed by atoms with Crippen LogP contribution in [0.3, 0.4) is 0 Å². The first kappa shape index (κ1) is 16.8. The molecule has 1 aliphatic rings. The lowest BCUT2D eigenvalue weighted by Crippen LogP contribution is -2.19. The van der Waals surface area contributed by atoms with Gasteiger partial charge in [-0.3, -0.25) is 0 Å². The van der Waals surface area contributed by atoms with Gasteiger partial charge in [-0.15, -0.1) is 0 Å². The van der Waals surface area contributed by atoms with Crippen molar-refractivity contribution in [3.8, 4) is 0 Å². The van der Waals surface area contributed by atoms with Gasteiger partial charge in [-0.1, -0.05) is 32.1 Å². The molecule has 1 aliphatic heterocycles. The summed E-state index contributed by atoms with van der Waals surface area (Å²) in [5.74, 6) is 0.970. The monoisotopic (exact) mass is 323 g/mol. The minimum atomic E-state index is -0.114. The molecule has 0 fully saturated rings. The van der Waals surface area contributed by atoms with E-state index in [4.69, 9.17) is 9.84 Å². The highest BCUT2D eigenvalue weighted by atomic mass is 32.1. The number of hydrogen-bond acceptors (Lipinski definition) is 6. The normalized spacial score (nSPS) is 18.2. The molecular formula is C16H25N3O2S. The average Bonchev–Trinajstić information content (AvgIpc) is 3.10. The summed E-state index contributed by atoms with van der Waals surface area (Å²) in [5.41, 5.74) is 0.0196. The van der Waals surface area contributed by atoms with Gasteiger partial charge in [-0.2, -0.15) is 0 Å². The Labute approximate surface area is 136 Å². The van der Waals surface area contributed by atoms with Gasteiger partial charge in [0.05, 0.1) is 0 Å². The Morgan fingerprint density at radius 3 is 2.95 bits per heavy atom. The van der Waals surface area contributed by atoms with Crippen molar-refractivity contribution in [2.75, 3.05) is 18.5 Å². The number of hydrogen-bond donors (Lipinski definition) is 3. The Kier molecular flexibility index (Phi) is 5.85. The SMILES string of the molecule is CC(C)(C)C1=CNC(/C=C/c2cnc(NCCCCO)s2)O1. The van der Waals surface area contributed by atoms with Crippen LogP contribution in [0.2, 0.25) is 0 Å². The summed E-state index contributed by atoms with van der Waals surface area (Å²) >= 11 is 1.61. The molecule has 0 aliphatic carbocycles. The van der Waals surface area contributed by atoms with Crippen molar-refractivity contribution in [1.82, 2.24) is 10.3 Å². The second-order valence-electron chi connectivity index (χ2n) is 6.25. The number of anilines is 1. The zero-order valence-electron chi connectivity index (χ0n) is 13.4. The second kappa shape index (κ2) is 7.65. The first-order chi connectivity index (χ1) is 10.5. The molecule has 5 nitrogen and oxygen atoms in total. The number of rotatable bonds is 7. The molecule has 0 radical (unpaired) electrons. The standard InChI is InChI=1S/C16H25N3O2S/c1-16(2,3)13-11-18-14(21-13)7-6-12-10-19-15(22-12)17-8-4-5-9-20/h6-7,10-11,14,18,20H,4-5,8-9H2,1-3H3,(H,17,19)/b7-6+. The summed E-state index contributed by atoms with van der Waals surface area (Å²) in [5, 5.41) is 16.1. The molecular weight excluding hydrogens is 298 g/mol. The maximum Gasteiger partial charge on any atom is 0.189 e. The molecule has 0 bridgehead atoms. The lowest BCUT2D eigenvalue weighted by Gasteiger charge is -2.20. The number of ether oxygens (including phenoxy) is 1. The maximum absolute atomic E-state index is 8.74. The number of aromatic nitrogens is 1. The third-order valence-corrected chi connectivity index (χ3v) is 4.11. The molecule has 0 saturated carbocycles. The fourth-order valence-electron chi connectivity index (χ4n) is 1.91. The van der Waals surface area contributed by atoms with E-state index in [-0.39, 0.29) is 18.2 Å². The Morgan fingerprint density at radius 1 is 1.45 bits per heavy atom. The van der Waals surface area contributed by atoms with E-state index < -0.39 is 0 Å².